The van der Waals surface area contributed by atoms with Gasteiger partial charge in [0.2, 0.25) is 5.91 Å². The Morgan fingerprint density at radius 1 is 1.07 bits per heavy atom. The zero-order valence-electron chi connectivity index (χ0n) is 23.9. The third-order valence-corrected chi connectivity index (χ3v) is 8.35. The Bertz CT molecular complexity index is 1560. The number of aromatic nitrogens is 3. The summed E-state index contributed by atoms with van der Waals surface area (Å²) in [7, 11) is 0. The van der Waals surface area contributed by atoms with Crippen molar-refractivity contribution in [3.05, 3.63) is 78.0 Å². The van der Waals surface area contributed by atoms with Gasteiger partial charge in [0, 0.05) is 48.8 Å². The number of piperazine rings is 1. The molecule has 9 heteroatoms. The summed E-state index contributed by atoms with van der Waals surface area (Å²) in [5, 5.41) is 1.06. The van der Waals surface area contributed by atoms with E-state index in [1.807, 2.05) is 54.9 Å². The van der Waals surface area contributed by atoms with Crippen LogP contribution in [-0.4, -0.2) is 69.0 Å². The Balaban J connectivity index is 1.40. The molecule has 9 nitrogen and oxygen atoms in total. The van der Waals surface area contributed by atoms with Crippen LogP contribution in [0.3, 0.4) is 0 Å². The van der Waals surface area contributed by atoms with Crippen LogP contribution in [0.25, 0.3) is 10.9 Å². The number of fused-ring (bicyclic) bond motifs is 5. The zero-order valence-corrected chi connectivity index (χ0v) is 23.9. The molecule has 41 heavy (non-hydrogen) atoms. The van der Waals surface area contributed by atoms with Gasteiger partial charge < -0.3 is 28.8 Å². The van der Waals surface area contributed by atoms with Crippen molar-refractivity contribution in [3.63, 3.8) is 0 Å². The molecule has 0 radical (unpaired) electrons. The third kappa shape index (κ3) is 4.63. The SMILES string of the molecule is CCCOc1ccc([C@H]2CN3C(=O)CN(CCCn4ccnc4)C(=O)[C@]3(C)c3[nH]c4ccccc4c32)cc1OCC. The molecule has 2 aromatic heterocycles. The van der Waals surface area contributed by atoms with Crippen molar-refractivity contribution in [2.45, 2.75) is 51.6 Å². The molecule has 0 bridgehead atoms. The minimum atomic E-state index is -1.12. The quantitative estimate of drug-likeness (QED) is 0.307. The number of imidazole rings is 1. The van der Waals surface area contributed by atoms with Gasteiger partial charge in [0.05, 0.1) is 31.8 Å². The van der Waals surface area contributed by atoms with E-state index in [2.05, 4.69) is 29.0 Å². The van der Waals surface area contributed by atoms with E-state index in [1.165, 1.54) is 0 Å². The fraction of sp³-hybridized carbons (Fsp3) is 0.406. The van der Waals surface area contributed by atoms with E-state index < -0.39 is 5.54 Å². The maximum atomic E-state index is 14.2. The third-order valence-electron chi connectivity index (χ3n) is 8.35. The molecule has 2 amide bonds. The van der Waals surface area contributed by atoms with Gasteiger partial charge in [-0.05, 0) is 56.0 Å². The van der Waals surface area contributed by atoms with Crippen LogP contribution in [0.4, 0.5) is 0 Å². The van der Waals surface area contributed by atoms with Gasteiger partial charge in [-0.25, -0.2) is 4.98 Å². The van der Waals surface area contributed by atoms with Crippen LogP contribution in [0, 0.1) is 0 Å². The monoisotopic (exact) mass is 555 g/mol. The van der Waals surface area contributed by atoms with Crippen LogP contribution < -0.4 is 9.47 Å². The molecule has 0 aliphatic carbocycles. The van der Waals surface area contributed by atoms with Gasteiger partial charge in [-0.2, -0.15) is 0 Å². The number of hydrogen-bond donors (Lipinski definition) is 1. The fourth-order valence-electron chi connectivity index (χ4n) is 6.36. The molecule has 4 aromatic rings. The standard InChI is InChI=1S/C32H37N5O4/c1-4-17-41-26-12-11-22(18-27(26)40-5-2)24-19-37-28(38)20-36(15-8-14-35-16-13-33-21-35)31(39)32(37,3)30-29(24)23-9-6-7-10-25(23)34-30/h6-7,9-13,16,18,21,24,34H,4-5,8,14-15,17,19-20H2,1-3H3/t24-,32+/m1/s1. The Morgan fingerprint density at radius 2 is 1.93 bits per heavy atom. The number of para-hydroxylation sites is 1. The first-order valence-corrected chi connectivity index (χ1v) is 14.5. The number of nitrogens with one attached hydrogen (secondary N) is 1. The molecule has 2 atom stereocenters. The number of benzene rings is 2. The molecule has 6 rings (SSSR count). The molecule has 0 saturated carbocycles. The first-order valence-electron chi connectivity index (χ1n) is 14.5. The first-order chi connectivity index (χ1) is 20.0. The van der Waals surface area contributed by atoms with Gasteiger partial charge in [-0.15, -0.1) is 0 Å². The first kappa shape index (κ1) is 26.9. The average Bonchev–Trinajstić information content (AvgIpc) is 3.64. The fourth-order valence-corrected chi connectivity index (χ4v) is 6.36. The molecular formula is C32H37N5O4. The van der Waals surface area contributed by atoms with Crippen molar-refractivity contribution in [2.24, 2.45) is 0 Å². The molecular weight excluding hydrogens is 518 g/mol. The summed E-state index contributed by atoms with van der Waals surface area (Å²) in [5.41, 5.74) is 2.70. The van der Waals surface area contributed by atoms with Crippen molar-refractivity contribution in [3.8, 4) is 11.5 Å². The summed E-state index contributed by atoms with van der Waals surface area (Å²) in [6.45, 7) is 8.77. The highest BCUT2D eigenvalue weighted by Crippen LogP contribution is 2.49. The van der Waals surface area contributed by atoms with E-state index in [0.29, 0.717) is 37.8 Å². The van der Waals surface area contributed by atoms with E-state index in [9.17, 15) is 9.59 Å². The van der Waals surface area contributed by atoms with Crippen LogP contribution in [0.15, 0.2) is 61.2 Å². The molecule has 2 aliphatic heterocycles. The Morgan fingerprint density at radius 3 is 2.71 bits per heavy atom. The van der Waals surface area contributed by atoms with Gasteiger partial charge in [0.15, 0.2) is 17.0 Å². The number of rotatable bonds is 10. The highest BCUT2D eigenvalue weighted by atomic mass is 16.5. The number of carbonyl (C=O) groups is 2. The van der Waals surface area contributed by atoms with Gasteiger partial charge in [-0.1, -0.05) is 31.2 Å². The summed E-state index contributed by atoms with van der Waals surface area (Å²) in [6.07, 6.45) is 7.06. The number of carbonyl (C=O) groups excluding carboxylic acids is 2. The van der Waals surface area contributed by atoms with Gasteiger partial charge in [0.25, 0.3) is 5.91 Å². The molecule has 0 unspecified atom stereocenters. The minimum absolute atomic E-state index is 0.0445. The van der Waals surface area contributed by atoms with Gasteiger partial charge in [0.1, 0.15) is 0 Å². The summed E-state index contributed by atoms with van der Waals surface area (Å²) in [5.74, 6) is 1.17. The molecule has 0 spiro atoms. The van der Waals surface area contributed by atoms with Crippen molar-refractivity contribution < 1.29 is 19.1 Å². The maximum absolute atomic E-state index is 14.2. The molecule has 1 N–H and O–H groups in total. The number of aromatic amines is 1. The lowest BCUT2D eigenvalue weighted by atomic mass is 9.76. The maximum Gasteiger partial charge on any atom is 0.254 e. The van der Waals surface area contributed by atoms with Crippen LogP contribution in [0.2, 0.25) is 0 Å². The van der Waals surface area contributed by atoms with Crippen LogP contribution >= 0.6 is 0 Å². The second-order valence-electron chi connectivity index (χ2n) is 11.0. The Kier molecular flexibility index (Phi) is 7.19. The molecule has 214 valence electrons. The zero-order chi connectivity index (χ0) is 28.6. The molecule has 2 aromatic carbocycles. The number of hydrogen-bond acceptors (Lipinski definition) is 5. The number of amides is 2. The molecule has 4 heterocycles. The lowest BCUT2D eigenvalue weighted by Crippen LogP contribution is -2.67. The van der Waals surface area contributed by atoms with Crippen LogP contribution in [0.5, 0.6) is 11.5 Å². The summed E-state index contributed by atoms with van der Waals surface area (Å²) >= 11 is 0. The minimum Gasteiger partial charge on any atom is -0.490 e. The van der Waals surface area contributed by atoms with Crippen molar-refractivity contribution in [1.29, 1.82) is 0 Å². The van der Waals surface area contributed by atoms with E-state index in [-0.39, 0.29) is 24.3 Å². The number of aryl methyl sites for hydroxylation is 1. The van der Waals surface area contributed by atoms with E-state index in [4.69, 9.17) is 9.47 Å². The molecule has 2 aliphatic rings. The normalized spacial score (nSPS) is 20.3. The van der Waals surface area contributed by atoms with E-state index in [1.54, 1.807) is 22.3 Å². The van der Waals surface area contributed by atoms with E-state index in [0.717, 1.165) is 47.1 Å². The Labute approximate surface area is 240 Å². The predicted molar refractivity (Wildman–Crippen MR) is 156 cm³/mol. The summed E-state index contributed by atoms with van der Waals surface area (Å²) < 4.78 is 13.9. The lowest BCUT2D eigenvalue weighted by Gasteiger charge is -2.51. The van der Waals surface area contributed by atoms with Crippen molar-refractivity contribution in [2.75, 3.05) is 32.8 Å². The van der Waals surface area contributed by atoms with Crippen molar-refractivity contribution >= 4 is 22.7 Å². The highest BCUT2D eigenvalue weighted by Gasteiger charge is 2.56. The Hall–Kier alpha value is -4.27. The van der Waals surface area contributed by atoms with Gasteiger partial charge >= 0.3 is 0 Å². The highest BCUT2D eigenvalue weighted by molar-refractivity contribution is 6.01. The molecule has 1 saturated heterocycles. The van der Waals surface area contributed by atoms with Crippen molar-refractivity contribution in [1.82, 2.24) is 24.3 Å². The second kappa shape index (κ2) is 11.0. The number of ether oxygens (including phenoxy) is 2. The molecule has 1 fully saturated rings. The summed E-state index contributed by atoms with van der Waals surface area (Å²) in [6, 6.07) is 14.2. The number of nitrogens with zero attached hydrogens (tertiary/aromatic N) is 4. The lowest BCUT2D eigenvalue weighted by molar-refractivity contribution is -0.166. The smallest absolute Gasteiger partial charge is 0.254 e. The topological polar surface area (TPSA) is 92.7 Å². The second-order valence-corrected chi connectivity index (χ2v) is 11.0. The average molecular weight is 556 g/mol. The van der Waals surface area contributed by atoms with Gasteiger partial charge in [-0.3, -0.25) is 9.59 Å². The largest absolute Gasteiger partial charge is 0.490 e. The van der Waals surface area contributed by atoms with Crippen LogP contribution in [-0.2, 0) is 21.7 Å². The van der Waals surface area contributed by atoms with Crippen LogP contribution in [0.1, 0.15) is 56.4 Å². The predicted octanol–water partition coefficient (Wildman–Crippen LogP) is 4.67. The summed E-state index contributed by atoms with van der Waals surface area (Å²) in [4.78, 5) is 39.2. The van der Waals surface area contributed by atoms with E-state index >= 15 is 0 Å². The number of H-pyrrole nitrogens is 1.